The van der Waals surface area contributed by atoms with Crippen LogP contribution in [0.1, 0.15) is 12.5 Å². The van der Waals surface area contributed by atoms with Crippen LogP contribution in [0.3, 0.4) is 0 Å². The van der Waals surface area contributed by atoms with Crippen LogP contribution in [0.2, 0.25) is 0 Å². The fraction of sp³-hybridized carbons (Fsp3) is 0.188. The average molecular weight is 365 g/mol. The Balaban J connectivity index is 2.05. The number of ether oxygens (including phenoxy) is 2. The molecule has 0 radical (unpaired) electrons. The van der Waals surface area contributed by atoms with Crippen molar-refractivity contribution >= 4 is 27.6 Å². The van der Waals surface area contributed by atoms with Gasteiger partial charge in [0.05, 0.1) is 11.6 Å². The summed E-state index contributed by atoms with van der Waals surface area (Å²) in [7, 11) is 1.54. The number of carbonyl (C=O) groups is 1. The molecule has 2 rings (SSSR count). The lowest BCUT2D eigenvalue weighted by molar-refractivity contribution is -0.132. The smallest absolute Gasteiger partial charge is 0.308 e. The molecule has 0 aliphatic heterocycles. The molecule has 0 atom stereocenters. The van der Waals surface area contributed by atoms with Gasteiger partial charge in [0, 0.05) is 19.2 Å². The first-order chi connectivity index (χ1) is 10.6. The molecule has 0 saturated heterocycles. The van der Waals surface area contributed by atoms with Crippen LogP contribution in [0.15, 0.2) is 46.9 Å². The maximum Gasteiger partial charge on any atom is 0.308 e. The molecule has 0 saturated carbocycles. The number of hydrogen-bond acceptors (Lipinski definition) is 5. The molecule has 0 heterocycles. The summed E-state index contributed by atoms with van der Waals surface area (Å²) in [6, 6.07) is 13.5. The normalized spacial score (nSPS) is 10.1. The SMILES string of the molecule is COc1cc(CNNc2ccccc2)cc(Br)c1OC(C)=O. The fourth-order valence-electron chi connectivity index (χ4n) is 1.89. The summed E-state index contributed by atoms with van der Waals surface area (Å²) in [6.45, 7) is 1.93. The molecule has 0 aliphatic carbocycles. The summed E-state index contributed by atoms with van der Waals surface area (Å²) in [6.07, 6.45) is 0. The molecule has 5 nitrogen and oxygen atoms in total. The Morgan fingerprint density at radius 3 is 2.59 bits per heavy atom. The first-order valence-electron chi connectivity index (χ1n) is 6.69. The molecule has 2 aromatic carbocycles. The number of methoxy groups -OCH3 is 1. The lowest BCUT2D eigenvalue weighted by Crippen LogP contribution is -2.20. The Labute approximate surface area is 137 Å². The van der Waals surface area contributed by atoms with Crippen LogP contribution in [0, 0.1) is 0 Å². The van der Waals surface area contributed by atoms with Gasteiger partial charge in [-0.3, -0.25) is 4.79 Å². The van der Waals surface area contributed by atoms with E-state index in [1.807, 2.05) is 42.5 Å². The highest BCUT2D eigenvalue weighted by atomic mass is 79.9. The zero-order chi connectivity index (χ0) is 15.9. The largest absolute Gasteiger partial charge is 0.493 e. The third-order valence-corrected chi connectivity index (χ3v) is 3.42. The number of halogens is 1. The van der Waals surface area contributed by atoms with E-state index >= 15 is 0 Å². The van der Waals surface area contributed by atoms with Crippen LogP contribution in [-0.2, 0) is 11.3 Å². The molecule has 22 heavy (non-hydrogen) atoms. The average Bonchev–Trinajstić information content (AvgIpc) is 2.50. The van der Waals surface area contributed by atoms with Gasteiger partial charge in [0.15, 0.2) is 11.5 Å². The number of para-hydroxylation sites is 1. The molecule has 0 aliphatic rings. The minimum absolute atomic E-state index is 0.384. The van der Waals surface area contributed by atoms with E-state index in [4.69, 9.17) is 9.47 Å². The maximum absolute atomic E-state index is 11.1. The van der Waals surface area contributed by atoms with E-state index in [-0.39, 0.29) is 0 Å². The number of nitrogens with one attached hydrogen (secondary N) is 2. The molecule has 116 valence electrons. The molecular weight excluding hydrogens is 348 g/mol. The number of esters is 1. The van der Waals surface area contributed by atoms with Gasteiger partial charge in [0.1, 0.15) is 0 Å². The van der Waals surface area contributed by atoms with E-state index in [1.54, 1.807) is 0 Å². The predicted octanol–water partition coefficient (Wildman–Crippen LogP) is 3.50. The van der Waals surface area contributed by atoms with Crippen LogP contribution in [0.4, 0.5) is 5.69 Å². The second-order valence-corrected chi connectivity index (χ2v) is 5.40. The molecule has 0 amide bonds. The Morgan fingerprint density at radius 1 is 1.23 bits per heavy atom. The summed E-state index contributed by atoms with van der Waals surface area (Å²) in [5, 5.41) is 0. The Morgan fingerprint density at radius 2 is 1.95 bits per heavy atom. The summed E-state index contributed by atoms with van der Waals surface area (Å²) >= 11 is 3.40. The van der Waals surface area contributed by atoms with Gasteiger partial charge in [-0.1, -0.05) is 18.2 Å². The molecule has 0 aromatic heterocycles. The number of rotatable bonds is 6. The van der Waals surface area contributed by atoms with Gasteiger partial charge < -0.3 is 14.9 Å². The highest BCUT2D eigenvalue weighted by molar-refractivity contribution is 9.10. The highest BCUT2D eigenvalue weighted by Gasteiger charge is 2.13. The van der Waals surface area contributed by atoms with Crippen molar-refractivity contribution in [1.29, 1.82) is 0 Å². The van der Waals surface area contributed by atoms with Crippen LogP contribution < -0.4 is 20.3 Å². The van der Waals surface area contributed by atoms with Gasteiger partial charge in [-0.25, -0.2) is 5.43 Å². The molecule has 2 aromatic rings. The van der Waals surface area contributed by atoms with E-state index in [2.05, 4.69) is 26.8 Å². The number of hydrogen-bond donors (Lipinski definition) is 2. The molecular formula is C16H17BrN2O3. The van der Waals surface area contributed by atoms with Crippen molar-refractivity contribution in [3.8, 4) is 11.5 Å². The monoisotopic (exact) mass is 364 g/mol. The van der Waals surface area contributed by atoms with Gasteiger partial charge in [0.2, 0.25) is 0 Å². The summed E-state index contributed by atoms with van der Waals surface area (Å²) in [5.41, 5.74) is 8.18. The van der Waals surface area contributed by atoms with Gasteiger partial charge in [-0.15, -0.1) is 0 Å². The Kier molecular flexibility index (Phi) is 5.80. The first kappa shape index (κ1) is 16.3. The topological polar surface area (TPSA) is 59.6 Å². The lowest BCUT2D eigenvalue weighted by atomic mass is 10.2. The molecule has 2 N–H and O–H groups in total. The van der Waals surface area contributed by atoms with Crippen LogP contribution in [0.25, 0.3) is 0 Å². The fourth-order valence-corrected chi connectivity index (χ4v) is 2.46. The van der Waals surface area contributed by atoms with Gasteiger partial charge in [0.25, 0.3) is 0 Å². The number of benzene rings is 2. The molecule has 0 unspecified atom stereocenters. The van der Waals surface area contributed by atoms with E-state index in [0.29, 0.717) is 22.5 Å². The third kappa shape index (κ3) is 4.47. The van der Waals surface area contributed by atoms with E-state index in [1.165, 1.54) is 14.0 Å². The Hall–Kier alpha value is -2.05. The summed E-state index contributed by atoms with van der Waals surface area (Å²) in [4.78, 5) is 11.1. The van der Waals surface area contributed by atoms with Crippen molar-refractivity contribution < 1.29 is 14.3 Å². The molecule has 0 bridgehead atoms. The zero-order valence-electron chi connectivity index (χ0n) is 12.4. The van der Waals surface area contributed by atoms with Crippen LogP contribution in [-0.4, -0.2) is 13.1 Å². The second-order valence-electron chi connectivity index (χ2n) is 4.55. The third-order valence-electron chi connectivity index (χ3n) is 2.83. The van der Waals surface area contributed by atoms with E-state index < -0.39 is 5.97 Å². The maximum atomic E-state index is 11.1. The minimum atomic E-state index is -0.393. The second kappa shape index (κ2) is 7.82. The van der Waals surface area contributed by atoms with Crippen molar-refractivity contribution in [2.75, 3.05) is 12.5 Å². The van der Waals surface area contributed by atoms with Gasteiger partial charge in [-0.2, -0.15) is 0 Å². The lowest BCUT2D eigenvalue weighted by Gasteiger charge is -2.13. The minimum Gasteiger partial charge on any atom is -0.493 e. The van der Waals surface area contributed by atoms with Crippen molar-refractivity contribution in [2.24, 2.45) is 0 Å². The number of carbonyl (C=O) groups excluding carboxylic acids is 1. The molecule has 6 heteroatoms. The highest BCUT2D eigenvalue weighted by Crippen LogP contribution is 2.36. The molecule has 0 fully saturated rings. The number of anilines is 1. The van der Waals surface area contributed by atoms with Crippen LogP contribution >= 0.6 is 15.9 Å². The zero-order valence-corrected chi connectivity index (χ0v) is 13.9. The summed E-state index contributed by atoms with van der Waals surface area (Å²) < 4.78 is 11.1. The van der Waals surface area contributed by atoms with Crippen molar-refractivity contribution in [3.05, 3.63) is 52.5 Å². The standard InChI is InChI=1S/C16H17BrN2O3/c1-11(20)22-16-14(17)8-12(9-15(16)21-2)10-18-19-13-6-4-3-5-7-13/h3-9,18-19H,10H2,1-2H3. The van der Waals surface area contributed by atoms with Crippen molar-refractivity contribution in [2.45, 2.75) is 13.5 Å². The Bertz CT molecular complexity index is 647. The van der Waals surface area contributed by atoms with Crippen molar-refractivity contribution in [1.82, 2.24) is 5.43 Å². The quantitative estimate of drug-likeness (QED) is 0.466. The van der Waals surface area contributed by atoms with Crippen molar-refractivity contribution in [3.63, 3.8) is 0 Å². The number of hydrazine groups is 1. The first-order valence-corrected chi connectivity index (χ1v) is 7.48. The summed E-state index contributed by atoms with van der Waals surface area (Å²) in [5.74, 6) is 0.492. The van der Waals surface area contributed by atoms with E-state index in [9.17, 15) is 4.79 Å². The van der Waals surface area contributed by atoms with Crippen LogP contribution in [0.5, 0.6) is 11.5 Å². The van der Waals surface area contributed by atoms with E-state index in [0.717, 1.165) is 11.3 Å². The van der Waals surface area contributed by atoms with Gasteiger partial charge >= 0.3 is 5.97 Å². The van der Waals surface area contributed by atoms with Gasteiger partial charge in [-0.05, 0) is 45.8 Å². The molecule has 0 spiro atoms. The predicted molar refractivity (Wildman–Crippen MR) is 88.9 cm³/mol.